The summed E-state index contributed by atoms with van der Waals surface area (Å²) in [6.07, 6.45) is 2.52. The lowest BCUT2D eigenvalue weighted by molar-refractivity contribution is 0.257. The Labute approximate surface area is 113 Å². The van der Waals surface area contributed by atoms with E-state index in [1.165, 1.54) is 11.1 Å². The van der Waals surface area contributed by atoms with Crippen molar-refractivity contribution in [3.63, 3.8) is 0 Å². The lowest BCUT2D eigenvalue weighted by Crippen LogP contribution is -2.27. The van der Waals surface area contributed by atoms with Crippen LogP contribution in [0.3, 0.4) is 0 Å². The minimum atomic E-state index is -0.239. The van der Waals surface area contributed by atoms with E-state index in [2.05, 4.69) is 48.5 Å². The minimum Gasteiger partial charge on any atom is -0.495 e. The maximum absolute atomic E-state index is 5.80. The molecule has 0 amide bonds. The van der Waals surface area contributed by atoms with E-state index in [1.807, 2.05) is 12.1 Å². The summed E-state index contributed by atoms with van der Waals surface area (Å²) in [5.41, 5.74) is 8.02. The molecule has 0 bridgehead atoms. The molecular formula is C17H17NO. The van der Waals surface area contributed by atoms with Crippen LogP contribution in [0.15, 0.2) is 72.6 Å². The van der Waals surface area contributed by atoms with E-state index in [-0.39, 0.29) is 5.41 Å². The maximum Gasteiger partial charge on any atom is 0.126 e. The molecule has 2 aromatic rings. The van der Waals surface area contributed by atoms with Crippen LogP contribution >= 0.6 is 0 Å². The Balaban J connectivity index is 2.23. The molecule has 2 N–H and O–H groups in total. The SMILES string of the molecule is NC=C1OCCC1(c1ccccc1)c1ccccc1. The van der Waals surface area contributed by atoms with E-state index in [0.29, 0.717) is 6.61 Å². The standard InChI is InChI=1S/C17H17NO/c18-13-16-17(11-12-19-16,14-7-3-1-4-8-14)15-9-5-2-6-10-15/h1-10,13H,11-12,18H2. The van der Waals surface area contributed by atoms with Crippen molar-refractivity contribution in [1.29, 1.82) is 0 Å². The van der Waals surface area contributed by atoms with Crippen molar-refractivity contribution < 1.29 is 4.74 Å². The highest BCUT2D eigenvalue weighted by atomic mass is 16.5. The molecule has 0 spiro atoms. The molecule has 2 heteroatoms. The average Bonchev–Trinajstić information content (AvgIpc) is 2.94. The lowest BCUT2D eigenvalue weighted by Gasteiger charge is -2.29. The number of rotatable bonds is 2. The fourth-order valence-electron chi connectivity index (χ4n) is 2.94. The van der Waals surface area contributed by atoms with Crippen LogP contribution in [0.1, 0.15) is 17.5 Å². The van der Waals surface area contributed by atoms with Crippen LogP contribution in [0.2, 0.25) is 0 Å². The molecule has 1 aliphatic rings. The summed E-state index contributed by atoms with van der Waals surface area (Å²) < 4.78 is 5.76. The van der Waals surface area contributed by atoms with Crippen molar-refractivity contribution in [2.45, 2.75) is 11.8 Å². The molecule has 0 aliphatic carbocycles. The van der Waals surface area contributed by atoms with Gasteiger partial charge in [0, 0.05) is 12.6 Å². The van der Waals surface area contributed by atoms with Crippen molar-refractivity contribution in [1.82, 2.24) is 0 Å². The van der Waals surface area contributed by atoms with Gasteiger partial charge in [-0.3, -0.25) is 0 Å². The first-order valence-corrected chi connectivity index (χ1v) is 6.54. The third kappa shape index (κ3) is 1.80. The van der Waals surface area contributed by atoms with Gasteiger partial charge >= 0.3 is 0 Å². The molecule has 0 atom stereocenters. The van der Waals surface area contributed by atoms with Crippen molar-refractivity contribution >= 4 is 0 Å². The van der Waals surface area contributed by atoms with Crippen LogP contribution in [-0.4, -0.2) is 6.61 Å². The van der Waals surface area contributed by atoms with Gasteiger partial charge in [0.1, 0.15) is 5.76 Å². The van der Waals surface area contributed by atoms with Crippen molar-refractivity contribution in [3.05, 3.63) is 83.7 Å². The number of nitrogens with two attached hydrogens (primary N) is 1. The van der Waals surface area contributed by atoms with Gasteiger partial charge in [-0.15, -0.1) is 0 Å². The summed E-state index contributed by atoms with van der Waals surface area (Å²) in [5.74, 6) is 0.852. The van der Waals surface area contributed by atoms with E-state index in [0.717, 1.165) is 12.2 Å². The normalized spacial score (nSPS) is 19.3. The molecule has 96 valence electrons. The lowest BCUT2D eigenvalue weighted by atomic mass is 9.72. The van der Waals surface area contributed by atoms with Crippen LogP contribution in [0.4, 0.5) is 0 Å². The smallest absolute Gasteiger partial charge is 0.126 e. The molecule has 0 radical (unpaired) electrons. The highest BCUT2D eigenvalue weighted by molar-refractivity contribution is 5.48. The molecule has 2 nitrogen and oxygen atoms in total. The third-order valence-electron chi connectivity index (χ3n) is 3.84. The van der Waals surface area contributed by atoms with E-state index < -0.39 is 0 Å². The van der Waals surface area contributed by atoms with Gasteiger partial charge in [-0.2, -0.15) is 0 Å². The monoisotopic (exact) mass is 251 g/mol. The van der Waals surface area contributed by atoms with Gasteiger partial charge in [-0.25, -0.2) is 0 Å². The Morgan fingerprint density at radius 3 is 1.89 bits per heavy atom. The largest absolute Gasteiger partial charge is 0.495 e. The van der Waals surface area contributed by atoms with Crippen LogP contribution in [0, 0.1) is 0 Å². The first-order chi connectivity index (χ1) is 9.38. The fraction of sp³-hybridized carbons (Fsp3) is 0.176. The van der Waals surface area contributed by atoms with Gasteiger partial charge in [0.05, 0.1) is 12.0 Å². The molecule has 2 aromatic carbocycles. The predicted molar refractivity (Wildman–Crippen MR) is 76.5 cm³/mol. The highest BCUT2D eigenvalue weighted by Crippen LogP contribution is 2.46. The quantitative estimate of drug-likeness (QED) is 0.889. The summed E-state index contributed by atoms with van der Waals surface area (Å²) in [6, 6.07) is 20.9. The molecule has 1 fully saturated rings. The third-order valence-corrected chi connectivity index (χ3v) is 3.84. The molecule has 1 aliphatic heterocycles. The van der Waals surface area contributed by atoms with E-state index in [1.54, 1.807) is 6.20 Å². The summed E-state index contributed by atoms with van der Waals surface area (Å²) >= 11 is 0. The number of benzene rings is 2. The Morgan fingerprint density at radius 2 is 1.42 bits per heavy atom. The molecule has 3 rings (SSSR count). The predicted octanol–water partition coefficient (Wildman–Crippen LogP) is 3.19. The fourth-order valence-corrected chi connectivity index (χ4v) is 2.94. The van der Waals surface area contributed by atoms with Gasteiger partial charge in [0.25, 0.3) is 0 Å². The zero-order chi connectivity index (χ0) is 13.1. The first-order valence-electron chi connectivity index (χ1n) is 6.54. The van der Waals surface area contributed by atoms with Crippen LogP contribution in [0.25, 0.3) is 0 Å². The van der Waals surface area contributed by atoms with Gasteiger partial charge in [-0.1, -0.05) is 60.7 Å². The van der Waals surface area contributed by atoms with Crippen LogP contribution in [0.5, 0.6) is 0 Å². The number of hydrogen-bond donors (Lipinski definition) is 1. The van der Waals surface area contributed by atoms with E-state index in [4.69, 9.17) is 10.5 Å². The van der Waals surface area contributed by atoms with Crippen molar-refractivity contribution in [2.75, 3.05) is 6.61 Å². The van der Waals surface area contributed by atoms with Crippen molar-refractivity contribution in [2.24, 2.45) is 5.73 Å². The molecule has 0 unspecified atom stereocenters. The molecule has 0 aromatic heterocycles. The Hall–Kier alpha value is -2.22. The highest BCUT2D eigenvalue weighted by Gasteiger charge is 2.43. The molecular weight excluding hydrogens is 234 g/mol. The summed E-state index contributed by atoms with van der Waals surface area (Å²) in [7, 11) is 0. The summed E-state index contributed by atoms with van der Waals surface area (Å²) in [6.45, 7) is 0.701. The summed E-state index contributed by atoms with van der Waals surface area (Å²) in [4.78, 5) is 0. The minimum absolute atomic E-state index is 0.239. The zero-order valence-electron chi connectivity index (χ0n) is 10.8. The van der Waals surface area contributed by atoms with Gasteiger partial charge in [0.15, 0.2) is 0 Å². The molecule has 1 heterocycles. The average molecular weight is 251 g/mol. The van der Waals surface area contributed by atoms with Crippen LogP contribution < -0.4 is 5.73 Å². The number of hydrogen-bond acceptors (Lipinski definition) is 2. The second-order valence-corrected chi connectivity index (χ2v) is 4.77. The number of allylic oxidation sites excluding steroid dienone is 1. The molecule has 1 saturated heterocycles. The second-order valence-electron chi connectivity index (χ2n) is 4.77. The zero-order valence-corrected chi connectivity index (χ0v) is 10.8. The second kappa shape index (κ2) is 4.81. The Kier molecular flexibility index (Phi) is 3.00. The topological polar surface area (TPSA) is 35.2 Å². The van der Waals surface area contributed by atoms with E-state index >= 15 is 0 Å². The molecule has 0 saturated carbocycles. The maximum atomic E-state index is 5.80. The van der Waals surface area contributed by atoms with Crippen molar-refractivity contribution in [3.8, 4) is 0 Å². The number of ether oxygens (including phenoxy) is 1. The Morgan fingerprint density at radius 1 is 0.895 bits per heavy atom. The van der Waals surface area contributed by atoms with Gasteiger partial charge < -0.3 is 10.5 Å². The van der Waals surface area contributed by atoms with Gasteiger partial charge in [0.2, 0.25) is 0 Å². The summed E-state index contributed by atoms with van der Waals surface area (Å²) in [5, 5.41) is 0. The van der Waals surface area contributed by atoms with E-state index in [9.17, 15) is 0 Å². The first kappa shape index (κ1) is 11.8. The van der Waals surface area contributed by atoms with Crippen LogP contribution in [-0.2, 0) is 10.2 Å². The van der Waals surface area contributed by atoms with Gasteiger partial charge in [-0.05, 0) is 11.1 Å². The Bertz CT molecular complexity index is 535. The molecule has 19 heavy (non-hydrogen) atoms.